The summed E-state index contributed by atoms with van der Waals surface area (Å²) in [5.74, 6) is 1.61. The van der Waals surface area contributed by atoms with Crippen LogP contribution in [0.2, 0.25) is 5.02 Å². The van der Waals surface area contributed by atoms with Crippen LogP contribution in [0.5, 0.6) is 5.75 Å². The first kappa shape index (κ1) is 18.5. The number of rotatable bonds is 5. The van der Waals surface area contributed by atoms with Crippen molar-refractivity contribution in [1.82, 2.24) is 19.2 Å². The Labute approximate surface area is 157 Å². The molecule has 0 atom stereocenters. The summed E-state index contributed by atoms with van der Waals surface area (Å²) in [5.41, 5.74) is -0.0858. The van der Waals surface area contributed by atoms with Crippen LogP contribution in [0.3, 0.4) is 0 Å². The number of piperidine rings is 1. The molecule has 1 saturated heterocycles. The lowest BCUT2D eigenvalue weighted by Gasteiger charge is -2.31. The predicted molar refractivity (Wildman–Crippen MR) is 98.6 cm³/mol. The van der Waals surface area contributed by atoms with E-state index in [-0.39, 0.29) is 24.1 Å². The van der Waals surface area contributed by atoms with E-state index in [1.165, 1.54) is 4.68 Å². The lowest BCUT2D eigenvalue weighted by atomic mass is 9.96. The van der Waals surface area contributed by atoms with Crippen molar-refractivity contribution in [2.24, 2.45) is 7.05 Å². The molecule has 0 bridgehead atoms. The van der Waals surface area contributed by atoms with E-state index in [1.54, 1.807) is 35.9 Å². The van der Waals surface area contributed by atoms with E-state index in [0.29, 0.717) is 30.4 Å². The summed E-state index contributed by atoms with van der Waals surface area (Å²) in [6.07, 6.45) is 1.59. The van der Waals surface area contributed by atoms with Crippen molar-refractivity contribution in [2.45, 2.75) is 32.2 Å². The van der Waals surface area contributed by atoms with Gasteiger partial charge in [0.15, 0.2) is 6.61 Å². The van der Waals surface area contributed by atoms with Crippen LogP contribution in [0.4, 0.5) is 0 Å². The molecule has 1 aromatic carbocycles. The minimum absolute atomic E-state index is 0.00948. The minimum atomic E-state index is -0.0858. The molecular formula is C18H23ClN4O3. The first-order valence-electron chi connectivity index (χ1n) is 8.79. The molecule has 0 N–H and O–H groups in total. The van der Waals surface area contributed by atoms with Gasteiger partial charge in [-0.3, -0.25) is 9.36 Å². The van der Waals surface area contributed by atoms with E-state index in [1.807, 2.05) is 11.8 Å². The molecule has 140 valence electrons. The number of halogens is 1. The molecule has 26 heavy (non-hydrogen) atoms. The largest absolute Gasteiger partial charge is 0.484 e. The second-order valence-electron chi connectivity index (χ2n) is 6.41. The summed E-state index contributed by atoms with van der Waals surface area (Å²) < 4.78 is 8.63. The number of carbonyl (C=O) groups is 1. The van der Waals surface area contributed by atoms with E-state index in [9.17, 15) is 9.59 Å². The van der Waals surface area contributed by atoms with Gasteiger partial charge in [0.2, 0.25) is 0 Å². The van der Waals surface area contributed by atoms with Gasteiger partial charge in [-0.1, -0.05) is 11.6 Å². The van der Waals surface area contributed by atoms with Crippen molar-refractivity contribution in [3.8, 4) is 5.75 Å². The lowest BCUT2D eigenvalue weighted by molar-refractivity contribution is -0.134. The topological polar surface area (TPSA) is 69.4 Å². The molecule has 1 aliphatic heterocycles. The van der Waals surface area contributed by atoms with Gasteiger partial charge in [0.05, 0.1) is 0 Å². The summed E-state index contributed by atoms with van der Waals surface area (Å²) in [7, 11) is 1.67. The van der Waals surface area contributed by atoms with Crippen molar-refractivity contribution in [3.05, 3.63) is 45.6 Å². The lowest BCUT2D eigenvalue weighted by Crippen LogP contribution is -2.41. The van der Waals surface area contributed by atoms with Crippen molar-refractivity contribution in [3.63, 3.8) is 0 Å². The molecule has 1 aliphatic rings. The van der Waals surface area contributed by atoms with Crippen LogP contribution in [0.25, 0.3) is 0 Å². The second-order valence-corrected chi connectivity index (χ2v) is 6.84. The third kappa shape index (κ3) is 3.93. The maximum absolute atomic E-state index is 12.4. The van der Waals surface area contributed by atoms with Gasteiger partial charge in [-0.25, -0.2) is 9.48 Å². The van der Waals surface area contributed by atoms with Crippen molar-refractivity contribution in [1.29, 1.82) is 0 Å². The SMILES string of the molecule is CCn1c(C2CCN(C(=O)COc3ccc(Cl)cc3)CC2)nn(C)c1=O. The third-order valence-electron chi connectivity index (χ3n) is 4.74. The Morgan fingerprint density at radius 2 is 1.92 bits per heavy atom. The molecule has 1 fully saturated rings. The molecular weight excluding hydrogens is 356 g/mol. The zero-order valence-corrected chi connectivity index (χ0v) is 15.8. The Kier molecular flexibility index (Phi) is 5.66. The van der Waals surface area contributed by atoms with E-state index < -0.39 is 0 Å². The number of hydrogen-bond acceptors (Lipinski definition) is 4. The molecule has 1 amide bonds. The molecule has 0 unspecified atom stereocenters. The Bertz CT molecular complexity index is 820. The van der Waals surface area contributed by atoms with Gasteiger partial charge in [-0.05, 0) is 44.0 Å². The Morgan fingerprint density at radius 1 is 1.27 bits per heavy atom. The summed E-state index contributed by atoms with van der Waals surface area (Å²) in [4.78, 5) is 26.2. The number of ether oxygens (including phenoxy) is 1. The summed E-state index contributed by atoms with van der Waals surface area (Å²) in [6, 6.07) is 6.94. The molecule has 0 saturated carbocycles. The third-order valence-corrected chi connectivity index (χ3v) is 4.99. The summed E-state index contributed by atoms with van der Waals surface area (Å²) >= 11 is 5.83. The van der Waals surface area contributed by atoms with Gasteiger partial charge in [-0.2, -0.15) is 5.10 Å². The molecule has 2 heterocycles. The number of nitrogens with zero attached hydrogens (tertiary/aromatic N) is 4. The monoisotopic (exact) mass is 378 g/mol. The standard InChI is InChI=1S/C18H23ClN4O3/c1-3-23-17(20-21(2)18(23)25)13-8-10-22(11-9-13)16(24)12-26-15-6-4-14(19)5-7-15/h4-7,13H,3,8-12H2,1-2H3. The fraction of sp³-hybridized carbons (Fsp3) is 0.500. The minimum Gasteiger partial charge on any atom is -0.484 e. The number of aromatic nitrogens is 3. The predicted octanol–water partition coefficient (Wildman–Crippen LogP) is 2.04. The highest BCUT2D eigenvalue weighted by molar-refractivity contribution is 6.30. The van der Waals surface area contributed by atoms with E-state index in [2.05, 4.69) is 5.10 Å². The fourth-order valence-electron chi connectivity index (χ4n) is 3.28. The van der Waals surface area contributed by atoms with Crippen molar-refractivity contribution >= 4 is 17.5 Å². The Hall–Kier alpha value is -2.28. The molecule has 7 nitrogen and oxygen atoms in total. The van der Waals surface area contributed by atoms with Crippen LogP contribution in [-0.4, -0.2) is 44.9 Å². The quantitative estimate of drug-likeness (QED) is 0.798. The average Bonchev–Trinajstić information content (AvgIpc) is 2.95. The van der Waals surface area contributed by atoms with Crippen LogP contribution in [0.15, 0.2) is 29.1 Å². The van der Waals surface area contributed by atoms with Crippen molar-refractivity contribution in [2.75, 3.05) is 19.7 Å². The molecule has 8 heteroatoms. The first-order chi connectivity index (χ1) is 12.5. The zero-order chi connectivity index (χ0) is 18.7. The van der Waals surface area contributed by atoms with Gasteiger partial charge in [0, 0.05) is 37.6 Å². The highest BCUT2D eigenvalue weighted by Gasteiger charge is 2.28. The van der Waals surface area contributed by atoms with Crippen LogP contribution in [-0.2, 0) is 18.4 Å². The van der Waals surface area contributed by atoms with Crippen LogP contribution < -0.4 is 10.4 Å². The number of amides is 1. The van der Waals surface area contributed by atoms with E-state index in [4.69, 9.17) is 16.3 Å². The molecule has 0 aliphatic carbocycles. The first-order valence-corrected chi connectivity index (χ1v) is 9.17. The van der Waals surface area contributed by atoms with Gasteiger partial charge in [-0.15, -0.1) is 0 Å². The molecule has 1 aromatic heterocycles. The number of hydrogen-bond donors (Lipinski definition) is 0. The molecule has 2 aromatic rings. The van der Waals surface area contributed by atoms with Gasteiger partial charge < -0.3 is 9.64 Å². The Morgan fingerprint density at radius 3 is 2.54 bits per heavy atom. The highest BCUT2D eigenvalue weighted by Crippen LogP contribution is 2.26. The summed E-state index contributed by atoms with van der Waals surface area (Å²) in [6.45, 7) is 3.84. The maximum atomic E-state index is 12.4. The highest BCUT2D eigenvalue weighted by atomic mass is 35.5. The second kappa shape index (κ2) is 7.95. The van der Waals surface area contributed by atoms with Crippen molar-refractivity contribution < 1.29 is 9.53 Å². The van der Waals surface area contributed by atoms with E-state index in [0.717, 1.165) is 18.7 Å². The molecule has 3 rings (SSSR count). The smallest absolute Gasteiger partial charge is 0.345 e. The van der Waals surface area contributed by atoms with Crippen LogP contribution >= 0.6 is 11.6 Å². The van der Waals surface area contributed by atoms with Gasteiger partial charge in [0.1, 0.15) is 11.6 Å². The number of aryl methyl sites for hydroxylation is 1. The summed E-state index contributed by atoms with van der Waals surface area (Å²) in [5, 5.41) is 5.02. The molecule has 0 spiro atoms. The number of carbonyl (C=O) groups excluding carboxylic acids is 1. The van der Waals surface area contributed by atoms with Gasteiger partial charge in [0.25, 0.3) is 5.91 Å². The van der Waals surface area contributed by atoms with Gasteiger partial charge >= 0.3 is 5.69 Å². The van der Waals surface area contributed by atoms with Crippen LogP contribution in [0, 0.1) is 0 Å². The normalized spacial score (nSPS) is 15.3. The van der Waals surface area contributed by atoms with E-state index >= 15 is 0 Å². The fourth-order valence-corrected chi connectivity index (χ4v) is 3.40. The zero-order valence-electron chi connectivity index (χ0n) is 15.0. The maximum Gasteiger partial charge on any atom is 0.345 e. The Balaban J connectivity index is 1.55. The molecule has 0 radical (unpaired) electrons. The number of likely N-dealkylation sites (tertiary alicyclic amines) is 1. The average molecular weight is 379 g/mol. The number of benzene rings is 1. The van der Waals surface area contributed by atoms with Crippen LogP contribution in [0.1, 0.15) is 31.5 Å².